The summed E-state index contributed by atoms with van der Waals surface area (Å²) < 4.78 is 40.1. The summed E-state index contributed by atoms with van der Waals surface area (Å²) in [5, 5.41) is 14.7. The average molecular weight is 486 g/mol. The Morgan fingerprint density at radius 2 is 1.89 bits per heavy atom. The molecule has 4 N–H and O–H groups in total. The lowest BCUT2D eigenvalue weighted by Gasteiger charge is -2.25. The summed E-state index contributed by atoms with van der Waals surface area (Å²) in [6.45, 7) is 6.80. The van der Waals surface area contributed by atoms with Crippen LogP contribution in [0.1, 0.15) is 60.8 Å². The number of halogens is 3. The number of nitrogens with zero attached hydrogens (tertiary/aromatic N) is 3. The number of hydrogen-bond acceptors (Lipinski definition) is 6. The molecule has 1 aliphatic carbocycles. The van der Waals surface area contributed by atoms with E-state index in [1.54, 1.807) is 13.0 Å². The van der Waals surface area contributed by atoms with Crippen molar-refractivity contribution >= 4 is 28.1 Å². The summed E-state index contributed by atoms with van der Waals surface area (Å²) in [5.74, 6) is 1.18. The SMILES string of the molecule is Cc1nc(NC(C)c2cc(N)cc(C(F)(F)F)c2)c2cc(N3CCC(C)(O)C3)c3c(c2n1)CCC3. The molecule has 0 saturated carbocycles. The molecule has 0 bridgehead atoms. The Morgan fingerprint density at radius 3 is 2.57 bits per heavy atom. The second-order valence-corrected chi connectivity index (χ2v) is 10.1. The zero-order valence-electron chi connectivity index (χ0n) is 20.1. The molecule has 1 aromatic heterocycles. The third-order valence-corrected chi connectivity index (χ3v) is 7.10. The van der Waals surface area contributed by atoms with Gasteiger partial charge >= 0.3 is 6.18 Å². The van der Waals surface area contributed by atoms with Crippen molar-refractivity contribution in [1.82, 2.24) is 9.97 Å². The number of nitrogens with one attached hydrogen (secondary N) is 1. The van der Waals surface area contributed by atoms with Crippen LogP contribution in [0.25, 0.3) is 10.9 Å². The summed E-state index contributed by atoms with van der Waals surface area (Å²) in [6, 6.07) is 5.23. The number of aliphatic hydroxyl groups is 1. The van der Waals surface area contributed by atoms with E-state index in [-0.39, 0.29) is 5.69 Å². The van der Waals surface area contributed by atoms with Gasteiger partial charge in [0.25, 0.3) is 0 Å². The Hall–Kier alpha value is -3.07. The molecule has 0 radical (unpaired) electrons. The summed E-state index contributed by atoms with van der Waals surface area (Å²) in [7, 11) is 0. The van der Waals surface area contributed by atoms with Gasteiger partial charge in [0.05, 0.1) is 22.7 Å². The monoisotopic (exact) mass is 485 g/mol. The molecule has 9 heteroatoms. The number of nitrogen functional groups attached to an aromatic ring is 1. The minimum absolute atomic E-state index is 0.0633. The topological polar surface area (TPSA) is 87.3 Å². The predicted molar refractivity (Wildman–Crippen MR) is 132 cm³/mol. The number of rotatable bonds is 4. The number of alkyl halides is 3. The highest BCUT2D eigenvalue weighted by Gasteiger charge is 2.34. The maximum absolute atomic E-state index is 13.4. The summed E-state index contributed by atoms with van der Waals surface area (Å²) in [5.41, 5.74) is 9.24. The molecule has 1 fully saturated rings. The summed E-state index contributed by atoms with van der Waals surface area (Å²) in [6.07, 6.45) is -0.861. The Morgan fingerprint density at radius 1 is 1.14 bits per heavy atom. The normalized spacial score (nSPS) is 20.9. The van der Waals surface area contributed by atoms with Crippen molar-refractivity contribution < 1.29 is 18.3 Å². The van der Waals surface area contributed by atoms with Crippen molar-refractivity contribution in [2.45, 2.75) is 64.3 Å². The zero-order chi connectivity index (χ0) is 25.1. The highest BCUT2D eigenvalue weighted by molar-refractivity contribution is 5.96. The molecular formula is C26H30F3N5O. The van der Waals surface area contributed by atoms with Gasteiger partial charge < -0.3 is 21.1 Å². The highest BCUT2D eigenvalue weighted by atomic mass is 19.4. The van der Waals surface area contributed by atoms with Crippen molar-refractivity contribution in [3.05, 3.63) is 52.3 Å². The maximum Gasteiger partial charge on any atom is 0.416 e. The van der Waals surface area contributed by atoms with Crippen LogP contribution in [0.5, 0.6) is 0 Å². The molecule has 6 nitrogen and oxygen atoms in total. The van der Waals surface area contributed by atoms with Crippen LogP contribution >= 0.6 is 0 Å². The smallest absolute Gasteiger partial charge is 0.399 e. The third kappa shape index (κ3) is 4.49. The van der Waals surface area contributed by atoms with Gasteiger partial charge in [0, 0.05) is 29.9 Å². The van der Waals surface area contributed by atoms with Crippen molar-refractivity contribution in [3.8, 4) is 0 Å². The Labute approximate surface area is 202 Å². The lowest BCUT2D eigenvalue weighted by molar-refractivity contribution is -0.137. The fraction of sp³-hybridized carbons (Fsp3) is 0.462. The van der Waals surface area contributed by atoms with Crippen molar-refractivity contribution in [2.24, 2.45) is 0 Å². The van der Waals surface area contributed by atoms with E-state index in [2.05, 4.69) is 21.3 Å². The third-order valence-electron chi connectivity index (χ3n) is 7.10. The number of β-amino-alcohol motifs (C(OH)–C–C–N with tert-alkyl or cyclic N) is 1. The van der Waals surface area contributed by atoms with E-state index in [4.69, 9.17) is 10.7 Å². The van der Waals surface area contributed by atoms with Gasteiger partial charge in [-0.1, -0.05) is 0 Å². The zero-order valence-corrected chi connectivity index (χ0v) is 20.1. The van der Waals surface area contributed by atoms with Gasteiger partial charge in [-0.05, 0) is 87.4 Å². The summed E-state index contributed by atoms with van der Waals surface area (Å²) >= 11 is 0. The molecule has 1 aliphatic heterocycles. The number of nitrogens with two attached hydrogens (primary N) is 1. The number of fused-ring (bicyclic) bond motifs is 3. The number of anilines is 3. The summed E-state index contributed by atoms with van der Waals surface area (Å²) in [4.78, 5) is 11.6. The molecule has 35 heavy (non-hydrogen) atoms. The van der Waals surface area contributed by atoms with Crippen LogP contribution in [-0.4, -0.2) is 33.8 Å². The quantitative estimate of drug-likeness (QED) is 0.443. The van der Waals surface area contributed by atoms with Crippen LogP contribution in [0.15, 0.2) is 24.3 Å². The molecule has 2 heterocycles. The van der Waals surface area contributed by atoms with Gasteiger partial charge in [0.1, 0.15) is 11.6 Å². The molecule has 186 valence electrons. The minimum atomic E-state index is -4.48. The van der Waals surface area contributed by atoms with Gasteiger partial charge in [0.15, 0.2) is 0 Å². The van der Waals surface area contributed by atoms with Crippen molar-refractivity contribution in [1.29, 1.82) is 0 Å². The average Bonchev–Trinajstić information content (AvgIpc) is 3.39. The largest absolute Gasteiger partial charge is 0.416 e. The molecule has 2 aromatic carbocycles. The predicted octanol–water partition coefficient (Wildman–Crippen LogP) is 5.16. The van der Waals surface area contributed by atoms with E-state index >= 15 is 0 Å². The molecule has 2 atom stereocenters. The van der Waals surface area contributed by atoms with Gasteiger partial charge in [-0.3, -0.25) is 0 Å². The first-order valence-corrected chi connectivity index (χ1v) is 12.0. The minimum Gasteiger partial charge on any atom is -0.399 e. The van der Waals surface area contributed by atoms with Gasteiger partial charge in [0.2, 0.25) is 0 Å². The Kier molecular flexibility index (Phi) is 5.58. The molecule has 5 rings (SSSR count). The molecule has 2 unspecified atom stereocenters. The van der Waals surface area contributed by atoms with E-state index in [9.17, 15) is 18.3 Å². The number of aromatic nitrogens is 2. The molecular weight excluding hydrogens is 455 g/mol. The fourth-order valence-corrected chi connectivity index (χ4v) is 5.38. The Balaban J connectivity index is 1.58. The Bertz CT molecular complexity index is 1300. The number of benzene rings is 2. The van der Waals surface area contributed by atoms with E-state index in [0.717, 1.165) is 54.5 Å². The van der Waals surface area contributed by atoms with Crippen molar-refractivity contribution in [3.63, 3.8) is 0 Å². The number of hydrogen-bond donors (Lipinski definition) is 3. The molecule has 2 aliphatic rings. The molecule has 3 aromatic rings. The standard InChI is InChI=1S/C26H30F3N5O/c1-14(16-9-17(26(27,28)29)11-18(30)10-16)31-24-21-12-22(34-8-7-25(3,35)13-34)19-5-4-6-20(19)23(21)32-15(2)33-24/h9-12,14,35H,4-8,13,30H2,1-3H3,(H,31,32,33). The second kappa shape index (κ2) is 8.26. The van der Waals surface area contributed by atoms with Gasteiger partial charge in [-0.2, -0.15) is 13.2 Å². The maximum atomic E-state index is 13.4. The van der Waals surface area contributed by atoms with Crippen LogP contribution in [0, 0.1) is 6.92 Å². The fourth-order valence-electron chi connectivity index (χ4n) is 5.38. The van der Waals surface area contributed by atoms with E-state index < -0.39 is 23.4 Å². The van der Waals surface area contributed by atoms with Crippen molar-refractivity contribution in [2.75, 3.05) is 29.0 Å². The van der Waals surface area contributed by atoms with Crippen LogP contribution in [0.2, 0.25) is 0 Å². The second-order valence-electron chi connectivity index (χ2n) is 10.1. The van der Waals surface area contributed by atoms with Gasteiger partial charge in [-0.15, -0.1) is 0 Å². The van der Waals surface area contributed by atoms with Crippen LogP contribution in [0.3, 0.4) is 0 Å². The van der Waals surface area contributed by atoms with Crippen LogP contribution in [0.4, 0.5) is 30.4 Å². The van der Waals surface area contributed by atoms with Crippen LogP contribution < -0.4 is 16.0 Å². The van der Waals surface area contributed by atoms with E-state index in [1.165, 1.54) is 11.1 Å². The highest BCUT2D eigenvalue weighted by Crippen LogP contribution is 2.41. The first kappa shape index (κ1) is 23.7. The number of aryl methyl sites for hydroxylation is 2. The first-order valence-electron chi connectivity index (χ1n) is 12.0. The van der Waals surface area contributed by atoms with Gasteiger partial charge in [-0.25, -0.2) is 9.97 Å². The van der Waals surface area contributed by atoms with E-state index in [1.807, 2.05) is 13.8 Å². The molecule has 1 saturated heterocycles. The lowest BCUT2D eigenvalue weighted by atomic mass is 10.0. The van der Waals surface area contributed by atoms with Crippen LogP contribution in [-0.2, 0) is 19.0 Å². The first-order chi connectivity index (χ1) is 16.4. The lowest BCUT2D eigenvalue weighted by Crippen LogP contribution is -2.30. The molecule has 0 spiro atoms. The van der Waals surface area contributed by atoms with E-state index in [0.29, 0.717) is 30.2 Å². The molecule has 0 amide bonds.